The van der Waals surface area contributed by atoms with Crippen LogP contribution in [0.15, 0.2) is 0 Å². The van der Waals surface area contributed by atoms with Crippen LogP contribution in [0.25, 0.3) is 0 Å². The Morgan fingerprint density at radius 3 is 2.36 bits per heavy atom. The van der Waals surface area contributed by atoms with Gasteiger partial charge in [0.2, 0.25) is 0 Å². The fraction of sp³-hybridized carbons (Fsp3) is 0.778. The summed E-state index contributed by atoms with van der Waals surface area (Å²) in [6.45, 7) is 3.85. The van der Waals surface area contributed by atoms with Gasteiger partial charge < -0.3 is 0 Å². The third-order valence-corrected chi connectivity index (χ3v) is 2.41. The van der Waals surface area contributed by atoms with Gasteiger partial charge in [-0.3, -0.25) is 9.59 Å². The molecule has 11 heavy (non-hydrogen) atoms. The molecule has 0 aromatic rings. The minimum atomic E-state index is -0.258. The van der Waals surface area contributed by atoms with Crippen molar-refractivity contribution in [2.45, 2.75) is 39.5 Å². The zero-order valence-corrected chi connectivity index (χ0v) is 7.14. The Balaban J connectivity index is 2.71. The second-order valence-electron chi connectivity index (χ2n) is 3.85. The van der Waals surface area contributed by atoms with Crippen LogP contribution in [-0.4, -0.2) is 11.6 Å². The number of hydrogen-bond acceptors (Lipinski definition) is 2. The van der Waals surface area contributed by atoms with Crippen LogP contribution in [0.1, 0.15) is 39.5 Å². The van der Waals surface area contributed by atoms with Crippen molar-refractivity contribution < 1.29 is 9.59 Å². The SMILES string of the molecule is CC1(C)CCC(=O)CCC1=O. The summed E-state index contributed by atoms with van der Waals surface area (Å²) in [5.41, 5.74) is -0.258. The van der Waals surface area contributed by atoms with Crippen LogP contribution in [0, 0.1) is 5.41 Å². The first-order valence-electron chi connectivity index (χ1n) is 4.07. The predicted molar refractivity (Wildman–Crippen MR) is 42.3 cm³/mol. The first-order valence-corrected chi connectivity index (χ1v) is 4.07. The third-order valence-electron chi connectivity index (χ3n) is 2.41. The highest BCUT2D eigenvalue weighted by atomic mass is 16.1. The molecule has 0 spiro atoms. The van der Waals surface area contributed by atoms with Gasteiger partial charge in [-0.15, -0.1) is 0 Å². The van der Waals surface area contributed by atoms with E-state index in [2.05, 4.69) is 0 Å². The molecule has 0 N–H and O–H groups in total. The Morgan fingerprint density at radius 2 is 1.73 bits per heavy atom. The lowest BCUT2D eigenvalue weighted by Gasteiger charge is -2.18. The van der Waals surface area contributed by atoms with E-state index in [4.69, 9.17) is 0 Å². The molecule has 1 saturated carbocycles. The zero-order valence-electron chi connectivity index (χ0n) is 7.14. The van der Waals surface area contributed by atoms with E-state index in [0.717, 1.165) is 6.42 Å². The summed E-state index contributed by atoms with van der Waals surface area (Å²) in [6.07, 6.45) is 2.22. The summed E-state index contributed by atoms with van der Waals surface area (Å²) in [5, 5.41) is 0. The summed E-state index contributed by atoms with van der Waals surface area (Å²) < 4.78 is 0. The minimum absolute atomic E-state index is 0.239. The van der Waals surface area contributed by atoms with E-state index >= 15 is 0 Å². The Bertz CT molecular complexity index is 192. The molecular formula is C9H14O2. The van der Waals surface area contributed by atoms with Crippen molar-refractivity contribution in [3.8, 4) is 0 Å². The fourth-order valence-electron chi connectivity index (χ4n) is 1.31. The van der Waals surface area contributed by atoms with Crippen molar-refractivity contribution in [2.75, 3.05) is 0 Å². The second kappa shape index (κ2) is 2.76. The molecule has 2 nitrogen and oxygen atoms in total. The standard InChI is InChI=1S/C9H14O2/c1-9(2)6-5-7(10)3-4-8(9)11/h3-6H2,1-2H3. The summed E-state index contributed by atoms with van der Waals surface area (Å²) in [5.74, 6) is 0.479. The monoisotopic (exact) mass is 154 g/mol. The van der Waals surface area contributed by atoms with Crippen molar-refractivity contribution >= 4 is 11.6 Å². The van der Waals surface area contributed by atoms with Gasteiger partial charge in [0.05, 0.1) is 0 Å². The normalized spacial score (nSPS) is 24.9. The first-order chi connectivity index (χ1) is 5.02. The fourth-order valence-corrected chi connectivity index (χ4v) is 1.31. The number of carbonyl (C=O) groups excluding carboxylic acids is 2. The molecule has 0 aromatic carbocycles. The Labute approximate surface area is 67.0 Å². The van der Waals surface area contributed by atoms with Gasteiger partial charge in [0.1, 0.15) is 11.6 Å². The van der Waals surface area contributed by atoms with Crippen LogP contribution in [0.3, 0.4) is 0 Å². The van der Waals surface area contributed by atoms with Crippen molar-refractivity contribution in [1.82, 2.24) is 0 Å². The molecule has 0 saturated heterocycles. The summed E-state index contributed by atoms with van der Waals surface area (Å²) in [7, 11) is 0. The van der Waals surface area contributed by atoms with Crippen LogP contribution in [0.5, 0.6) is 0 Å². The minimum Gasteiger partial charge on any atom is -0.300 e. The summed E-state index contributed by atoms with van der Waals surface area (Å²) in [4.78, 5) is 22.3. The number of hydrogen-bond donors (Lipinski definition) is 0. The van der Waals surface area contributed by atoms with E-state index < -0.39 is 0 Å². The van der Waals surface area contributed by atoms with E-state index in [1.165, 1.54) is 0 Å². The zero-order chi connectivity index (χ0) is 8.48. The van der Waals surface area contributed by atoms with Gasteiger partial charge >= 0.3 is 0 Å². The van der Waals surface area contributed by atoms with Gasteiger partial charge in [-0.25, -0.2) is 0 Å². The highest BCUT2D eigenvalue weighted by molar-refractivity contribution is 5.91. The molecule has 0 amide bonds. The molecule has 0 atom stereocenters. The van der Waals surface area contributed by atoms with Crippen LogP contribution >= 0.6 is 0 Å². The molecule has 0 heterocycles. The van der Waals surface area contributed by atoms with Crippen molar-refractivity contribution in [2.24, 2.45) is 5.41 Å². The maximum absolute atomic E-state index is 11.3. The Kier molecular flexibility index (Phi) is 2.12. The summed E-state index contributed by atoms with van der Waals surface area (Å²) >= 11 is 0. The molecule has 0 aliphatic heterocycles. The lowest BCUT2D eigenvalue weighted by Crippen LogP contribution is -2.21. The molecule has 1 aliphatic rings. The number of Topliss-reactive ketones (excluding diaryl/α,β-unsaturated/α-hetero) is 2. The molecule has 0 radical (unpaired) electrons. The van der Waals surface area contributed by atoms with Gasteiger partial charge in [0.15, 0.2) is 0 Å². The van der Waals surface area contributed by atoms with Gasteiger partial charge in [-0.1, -0.05) is 13.8 Å². The molecule has 0 bridgehead atoms. The molecule has 2 heteroatoms. The topological polar surface area (TPSA) is 34.1 Å². The first kappa shape index (κ1) is 8.44. The van der Waals surface area contributed by atoms with Gasteiger partial charge in [0, 0.05) is 24.7 Å². The molecule has 1 rings (SSSR count). The van der Waals surface area contributed by atoms with Crippen LogP contribution < -0.4 is 0 Å². The van der Waals surface area contributed by atoms with Gasteiger partial charge in [-0.05, 0) is 6.42 Å². The van der Waals surface area contributed by atoms with Crippen molar-refractivity contribution in [1.29, 1.82) is 0 Å². The van der Waals surface area contributed by atoms with Gasteiger partial charge in [0.25, 0.3) is 0 Å². The average molecular weight is 154 g/mol. The molecule has 0 aromatic heterocycles. The van der Waals surface area contributed by atoms with E-state index in [9.17, 15) is 9.59 Å². The molecular weight excluding hydrogens is 140 g/mol. The van der Waals surface area contributed by atoms with E-state index in [0.29, 0.717) is 19.3 Å². The largest absolute Gasteiger partial charge is 0.300 e. The lowest BCUT2D eigenvalue weighted by molar-refractivity contribution is -0.127. The van der Waals surface area contributed by atoms with Gasteiger partial charge in [-0.2, -0.15) is 0 Å². The van der Waals surface area contributed by atoms with Crippen molar-refractivity contribution in [3.05, 3.63) is 0 Å². The highest BCUT2D eigenvalue weighted by Gasteiger charge is 2.30. The number of rotatable bonds is 0. The average Bonchev–Trinajstić information content (AvgIpc) is 2.03. The Hall–Kier alpha value is -0.660. The van der Waals surface area contributed by atoms with Crippen LogP contribution in [0.2, 0.25) is 0 Å². The van der Waals surface area contributed by atoms with E-state index in [1.807, 2.05) is 13.8 Å². The molecule has 1 aliphatic carbocycles. The predicted octanol–water partition coefficient (Wildman–Crippen LogP) is 1.72. The summed E-state index contributed by atoms with van der Waals surface area (Å²) in [6, 6.07) is 0. The quantitative estimate of drug-likeness (QED) is 0.498. The van der Waals surface area contributed by atoms with Crippen molar-refractivity contribution in [3.63, 3.8) is 0 Å². The maximum atomic E-state index is 11.3. The smallest absolute Gasteiger partial charge is 0.138 e. The number of carbonyl (C=O) groups is 2. The second-order valence-corrected chi connectivity index (χ2v) is 3.85. The molecule has 62 valence electrons. The Morgan fingerprint density at radius 1 is 1.09 bits per heavy atom. The molecule has 0 unspecified atom stereocenters. The van der Waals surface area contributed by atoms with E-state index in [-0.39, 0.29) is 17.0 Å². The maximum Gasteiger partial charge on any atom is 0.138 e. The highest BCUT2D eigenvalue weighted by Crippen LogP contribution is 2.29. The lowest BCUT2D eigenvalue weighted by atomic mass is 9.84. The third kappa shape index (κ3) is 1.88. The number of ketones is 2. The van der Waals surface area contributed by atoms with E-state index in [1.54, 1.807) is 0 Å². The van der Waals surface area contributed by atoms with Crippen LogP contribution in [0.4, 0.5) is 0 Å². The molecule has 1 fully saturated rings. The van der Waals surface area contributed by atoms with Crippen LogP contribution in [-0.2, 0) is 9.59 Å².